The molecule has 3 heteroatoms. The van der Waals surface area contributed by atoms with Crippen molar-refractivity contribution < 1.29 is 14.6 Å². The van der Waals surface area contributed by atoms with Crippen molar-refractivity contribution in [1.29, 1.82) is 0 Å². The van der Waals surface area contributed by atoms with E-state index in [2.05, 4.69) is 26.8 Å². The molecule has 0 bridgehead atoms. The molecule has 1 heterocycles. The normalized spacial score (nSPS) is 45.9. The van der Waals surface area contributed by atoms with Crippen LogP contribution in [0.2, 0.25) is 0 Å². The van der Waals surface area contributed by atoms with E-state index in [9.17, 15) is 9.90 Å². The molecule has 1 saturated carbocycles. The average Bonchev–Trinajstić information content (AvgIpc) is 2.68. The van der Waals surface area contributed by atoms with Gasteiger partial charge in [-0.3, -0.25) is 0 Å². The standard InChI is InChI=1S/C15H22O3/c1-14(2)11-5-4-9-10(8-18-13(9)17)15(11,3)7-6-12(14)16/h4,10-12,16H,5-8H2,1-3H3. The van der Waals surface area contributed by atoms with Gasteiger partial charge in [0.2, 0.25) is 0 Å². The second kappa shape index (κ2) is 3.60. The summed E-state index contributed by atoms with van der Waals surface area (Å²) in [6, 6.07) is 0. The van der Waals surface area contributed by atoms with Crippen molar-refractivity contribution in [2.45, 2.75) is 46.1 Å². The van der Waals surface area contributed by atoms with Crippen molar-refractivity contribution in [3.63, 3.8) is 0 Å². The minimum Gasteiger partial charge on any atom is -0.462 e. The van der Waals surface area contributed by atoms with Crippen LogP contribution in [-0.2, 0) is 9.53 Å². The van der Waals surface area contributed by atoms with Gasteiger partial charge >= 0.3 is 5.97 Å². The molecular formula is C15H22O3. The van der Waals surface area contributed by atoms with Crippen LogP contribution in [0.3, 0.4) is 0 Å². The number of carbonyl (C=O) groups excluding carboxylic acids is 1. The minimum atomic E-state index is -0.233. The van der Waals surface area contributed by atoms with E-state index in [0.717, 1.165) is 24.8 Å². The smallest absolute Gasteiger partial charge is 0.334 e. The third-order valence-electron chi connectivity index (χ3n) is 5.87. The van der Waals surface area contributed by atoms with E-state index < -0.39 is 0 Å². The van der Waals surface area contributed by atoms with Crippen molar-refractivity contribution >= 4 is 5.97 Å². The number of ether oxygens (including phenoxy) is 1. The second-order valence-corrected chi connectivity index (χ2v) is 6.98. The lowest BCUT2D eigenvalue weighted by Crippen LogP contribution is -2.54. The molecule has 0 aromatic rings. The molecule has 1 N–H and O–H groups in total. The van der Waals surface area contributed by atoms with Crippen LogP contribution in [0.4, 0.5) is 0 Å². The lowest BCUT2D eigenvalue weighted by atomic mass is 9.48. The highest BCUT2D eigenvalue weighted by Gasteiger charge is 2.58. The minimum absolute atomic E-state index is 0.0827. The van der Waals surface area contributed by atoms with E-state index in [1.165, 1.54) is 0 Å². The zero-order valence-electron chi connectivity index (χ0n) is 11.4. The summed E-state index contributed by atoms with van der Waals surface area (Å²) >= 11 is 0. The highest BCUT2D eigenvalue weighted by molar-refractivity contribution is 5.91. The van der Waals surface area contributed by atoms with Crippen LogP contribution in [0, 0.1) is 22.7 Å². The van der Waals surface area contributed by atoms with Gasteiger partial charge in [-0.25, -0.2) is 4.79 Å². The van der Waals surface area contributed by atoms with E-state index in [1.54, 1.807) is 0 Å². The molecule has 2 fully saturated rings. The Kier molecular flexibility index (Phi) is 2.44. The first-order chi connectivity index (χ1) is 8.37. The molecular weight excluding hydrogens is 228 g/mol. The summed E-state index contributed by atoms with van der Waals surface area (Å²) in [5.41, 5.74) is 0.903. The van der Waals surface area contributed by atoms with Gasteiger partial charge in [-0.05, 0) is 36.0 Å². The first kappa shape index (κ1) is 12.2. The number of allylic oxidation sites excluding steroid dienone is 1. The van der Waals surface area contributed by atoms with Crippen molar-refractivity contribution in [2.75, 3.05) is 6.61 Å². The summed E-state index contributed by atoms with van der Waals surface area (Å²) < 4.78 is 5.24. The summed E-state index contributed by atoms with van der Waals surface area (Å²) in [6.45, 7) is 7.14. The summed E-state index contributed by atoms with van der Waals surface area (Å²) in [6.07, 6.45) is 4.54. The zero-order valence-corrected chi connectivity index (χ0v) is 11.4. The highest BCUT2D eigenvalue weighted by atomic mass is 16.5. The van der Waals surface area contributed by atoms with E-state index in [1.807, 2.05) is 0 Å². The molecule has 3 rings (SSSR count). The predicted molar refractivity (Wildman–Crippen MR) is 67.8 cm³/mol. The van der Waals surface area contributed by atoms with Gasteiger partial charge in [-0.2, -0.15) is 0 Å². The van der Waals surface area contributed by atoms with Crippen LogP contribution in [-0.4, -0.2) is 23.8 Å². The molecule has 0 spiro atoms. The number of hydrogen-bond acceptors (Lipinski definition) is 3. The maximum atomic E-state index is 11.7. The van der Waals surface area contributed by atoms with Crippen LogP contribution in [0.1, 0.15) is 40.0 Å². The summed E-state index contributed by atoms with van der Waals surface area (Å²) in [7, 11) is 0. The Morgan fingerprint density at radius 2 is 2.11 bits per heavy atom. The lowest BCUT2D eigenvalue weighted by molar-refractivity contribution is -0.135. The third-order valence-corrected chi connectivity index (χ3v) is 5.87. The number of fused-ring (bicyclic) bond motifs is 3. The molecule has 0 aromatic heterocycles. The van der Waals surface area contributed by atoms with Crippen molar-refractivity contribution in [3.8, 4) is 0 Å². The highest BCUT2D eigenvalue weighted by Crippen LogP contribution is 2.60. The molecule has 4 unspecified atom stereocenters. The van der Waals surface area contributed by atoms with E-state index in [4.69, 9.17) is 4.74 Å². The molecule has 1 saturated heterocycles. The van der Waals surface area contributed by atoms with E-state index in [0.29, 0.717) is 12.5 Å². The fourth-order valence-corrected chi connectivity index (χ4v) is 4.56. The Bertz CT molecular complexity index is 423. The van der Waals surface area contributed by atoms with Crippen molar-refractivity contribution in [2.24, 2.45) is 22.7 Å². The van der Waals surface area contributed by atoms with Gasteiger partial charge in [0.05, 0.1) is 12.7 Å². The molecule has 100 valence electrons. The third kappa shape index (κ3) is 1.37. The topological polar surface area (TPSA) is 46.5 Å². The van der Waals surface area contributed by atoms with Crippen molar-refractivity contribution in [1.82, 2.24) is 0 Å². The second-order valence-electron chi connectivity index (χ2n) is 6.98. The lowest BCUT2D eigenvalue weighted by Gasteiger charge is -2.56. The van der Waals surface area contributed by atoms with Crippen LogP contribution >= 0.6 is 0 Å². The zero-order chi connectivity index (χ0) is 13.1. The molecule has 1 aliphatic heterocycles. The molecule has 3 nitrogen and oxygen atoms in total. The van der Waals surface area contributed by atoms with Crippen molar-refractivity contribution in [3.05, 3.63) is 11.6 Å². The number of cyclic esters (lactones) is 1. The monoisotopic (exact) mass is 250 g/mol. The fraction of sp³-hybridized carbons (Fsp3) is 0.800. The van der Waals surface area contributed by atoms with Gasteiger partial charge in [0, 0.05) is 11.5 Å². The largest absolute Gasteiger partial charge is 0.462 e. The predicted octanol–water partition coefficient (Wildman–Crippen LogP) is 2.29. The molecule has 0 amide bonds. The first-order valence-electron chi connectivity index (χ1n) is 6.92. The molecule has 18 heavy (non-hydrogen) atoms. The Hall–Kier alpha value is -0.830. The summed E-state index contributed by atoms with van der Waals surface area (Å²) in [4.78, 5) is 11.7. The van der Waals surface area contributed by atoms with Crippen LogP contribution in [0.5, 0.6) is 0 Å². The summed E-state index contributed by atoms with van der Waals surface area (Å²) in [5, 5.41) is 10.3. The van der Waals surface area contributed by atoms with Gasteiger partial charge in [-0.1, -0.05) is 26.8 Å². The number of aliphatic hydroxyl groups excluding tert-OH is 1. The molecule has 0 radical (unpaired) electrons. The van der Waals surface area contributed by atoms with E-state index in [-0.39, 0.29) is 28.8 Å². The molecule has 2 aliphatic carbocycles. The molecule has 0 aromatic carbocycles. The molecule has 3 aliphatic rings. The Balaban J connectivity index is 2.03. The first-order valence-corrected chi connectivity index (χ1v) is 6.92. The van der Waals surface area contributed by atoms with Gasteiger partial charge in [0.1, 0.15) is 0 Å². The van der Waals surface area contributed by atoms with Crippen LogP contribution < -0.4 is 0 Å². The number of carbonyl (C=O) groups is 1. The quantitative estimate of drug-likeness (QED) is 0.671. The SMILES string of the molecule is CC1(C)C(O)CCC2(C)C3COC(=O)C3=CCC12. The Labute approximate surface area is 108 Å². The molecule has 4 atom stereocenters. The maximum absolute atomic E-state index is 11.7. The van der Waals surface area contributed by atoms with Gasteiger partial charge in [-0.15, -0.1) is 0 Å². The fourth-order valence-electron chi connectivity index (χ4n) is 4.56. The van der Waals surface area contributed by atoms with Gasteiger partial charge in [0.25, 0.3) is 0 Å². The Morgan fingerprint density at radius 1 is 1.39 bits per heavy atom. The van der Waals surface area contributed by atoms with Crippen LogP contribution in [0.25, 0.3) is 0 Å². The van der Waals surface area contributed by atoms with Gasteiger partial charge in [0.15, 0.2) is 0 Å². The number of rotatable bonds is 0. The number of esters is 1. The summed E-state index contributed by atoms with van der Waals surface area (Å²) in [5.74, 6) is 0.538. The van der Waals surface area contributed by atoms with Crippen LogP contribution in [0.15, 0.2) is 11.6 Å². The van der Waals surface area contributed by atoms with Gasteiger partial charge < -0.3 is 9.84 Å². The van der Waals surface area contributed by atoms with E-state index >= 15 is 0 Å². The maximum Gasteiger partial charge on any atom is 0.334 e. The average molecular weight is 250 g/mol. The Morgan fingerprint density at radius 3 is 2.83 bits per heavy atom. The number of hydrogen-bond donors (Lipinski definition) is 1. The number of aliphatic hydroxyl groups is 1.